The molecule has 0 bridgehead atoms. The summed E-state index contributed by atoms with van der Waals surface area (Å²) in [4.78, 5) is 14.8. The molecule has 1 heterocycles. The minimum atomic E-state index is -0.957. The molecule has 1 amide bonds. The molecule has 0 aliphatic heterocycles. The molecular formula is C12H17FN2O2. The van der Waals surface area contributed by atoms with E-state index in [9.17, 15) is 9.18 Å². The second kappa shape index (κ2) is 5.12. The topological polar surface area (TPSA) is 65.2 Å². The van der Waals surface area contributed by atoms with E-state index in [1.807, 2.05) is 27.7 Å². The fraction of sp³-hybridized carbons (Fsp3) is 0.500. The third-order valence-corrected chi connectivity index (χ3v) is 2.38. The van der Waals surface area contributed by atoms with Crippen molar-refractivity contribution in [3.63, 3.8) is 0 Å². The molecule has 0 saturated carbocycles. The monoisotopic (exact) mass is 240 g/mol. The lowest BCUT2D eigenvalue weighted by Gasteiger charge is -2.17. The van der Waals surface area contributed by atoms with Gasteiger partial charge in [0.1, 0.15) is 5.82 Å². The molecule has 5 heteroatoms. The normalized spacial score (nSPS) is 11.0. The van der Waals surface area contributed by atoms with Gasteiger partial charge in [0.05, 0.1) is 11.9 Å². The quantitative estimate of drug-likeness (QED) is 0.883. The average molecular weight is 240 g/mol. The lowest BCUT2D eigenvalue weighted by Crippen LogP contribution is -2.20. The molecule has 0 atom stereocenters. The molecule has 17 heavy (non-hydrogen) atoms. The number of pyridine rings is 1. The Morgan fingerprint density at radius 3 is 2.35 bits per heavy atom. The van der Waals surface area contributed by atoms with E-state index in [0.717, 1.165) is 6.20 Å². The summed E-state index contributed by atoms with van der Waals surface area (Å²) in [5.74, 6) is -0.435. The number of nitrogens with zero attached hydrogens (tertiary/aromatic N) is 1. The lowest BCUT2D eigenvalue weighted by molar-refractivity contribution is 0.209. The standard InChI is InChI=1S/C12H17FN2O2/c1-6(2)9-8(13)5-15-10(7(3)4)11(9)17-12(14)16/h5-7H,1-4H3,(H2,14,16). The maximum atomic E-state index is 13.7. The second-order valence-corrected chi connectivity index (χ2v) is 4.46. The van der Waals surface area contributed by atoms with E-state index >= 15 is 0 Å². The van der Waals surface area contributed by atoms with Crippen molar-refractivity contribution in [3.05, 3.63) is 23.3 Å². The molecule has 0 fully saturated rings. The van der Waals surface area contributed by atoms with Gasteiger partial charge in [-0.25, -0.2) is 9.18 Å². The summed E-state index contributed by atoms with van der Waals surface area (Å²) in [6.07, 6.45) is 0.194. The van der Waals surface area contributed by atoms with Crippen molar-refractivity contribution in [1.29, 1.82) is 0 Å². The van der Waals surface area contributed by atoms with Crippen LogP contribution in [0.3, 0.4) is 0 Å². The molecule has 0 aliphatic rings. The van der Waals surface area contributed by atoms with Gasteiger partial charge in [0.15, 0.2) is 5.75 Å². The third-order valence-electron chi connectivity index (χ3n) is 2.38. The minimum absolute atomic E-state index is 0.0162. The molecule has 94 valence electrons. The van der Waals surface area contributed by atoms with E-state index < -0.39 is 11.9 Å². The number of ether oxygens (including phenoxy) is 1. The van der Waals surface area contributed by atoms with Crippen LogP contribution in [0.1, 0.15) is 50.8 Å². The van der Waals surface area contributed by atoms with Gasteiger partial charge >= 0.3 is 6.09 Å². The number of hydrogen-bond acceptors (Lipinski definition) is 3. The highest BCUT2D eigenvalue weighted by atomic mass is 19.1. The van der Waals surface area contributed by atoms with Crippen molar-refractivity contribution >= 4 is 6.09 Å². The molecule has 0 radical (unpaired) electrons. The summed E-state index contributed by atoms with van der Waals surface area (Å²) in [5, 5.41) is 0. The van der Waals surface area contributed by atoms with Crippen LogP contribution in [0.15, 0.2) is 6.20 Å². The maximum Gasteiger partial charge on any atom is 0.410 e. The maximum absolute atomic E-state index is 13.7. The van der Waals surface area contributed by atoms with Gasteiger partial charge in [-0.3, -0.25) is 4.98 Å². The van der Waals surface area contributed by atoms with Gasteiger partial charge in [-0.05, 0) is 11.8 Å². The molecular weight excluding hydrogens is 223 g/mol. The second-order valence-electron chi connectivity index (χ2n) is 4.46. The Morgan fingerprint density at radius 2 is 1.94 bits per heavy atom. The van der Waals surface area contributed by atoms with Gasteiger partial charge in [-0.15, -0.1) is 0 Å². The van der Waals surface area contributed by atoms with E-state index in [0.29, 0.717) is 11.3 Å². The van der Waals surface area contributed by atoms with Crippen LogP contribution in [0.25, 0.3) is 0 Å². The summed E-state index contributed by atoms with van der Waals surface area (Å²) in [6, 6.07) is 0. The van der Waals surface area contributed by atoms with Crippen LogP contribution in [-0.4, -0.2) is 11.1 Å². The Bertz CT molecular complexity index is 431. The number of hydrogen-bond donors (Lipinski definition) is 1. The summed E-state index contributed by atoms with van der Waals surface area (Å²) < 4.78 is 18.6. The van der Waals surface area contributed by atoms with Gasteiger partial charge in [-0.2, -0.15) is 0 Å². The molecule has 1 rings (SSSR count). The number of carbonyl (C=O) groups is 1. The summed E-state index contributed by atoms with van der Waals surface area (Å²) in [6.45, 7) is 7.41. The fourth-order valence-corrected chi connectivity index (χ4v) is 1.66. The van der Waals surface area contributed by atoms with Crippen LogP contribution in [0.4, 0.5) is 9.18 Å². The Morgan fingerprint density at radius 1 is 1.35 bits per heavy atom. The zero-order valence-corrected chi connectivity index (χ0v) is 10.5. The fourth-order valence-electron chi connectivity index (χ4n) is 1.66. The van der Waals surface area contributed by atoms with Crippen molar-refractivity contribution in [3.8, 4) is 5.75 Å². The van der Waals surface area contributed by atoms with Crippen molar-refractivity contribution in [2.45, 2.75) is 39.5 Å². The first-order valence-corrected chi connectivity index (χ1v) is 5.50. The van der Waals surface area contributed by atoms with Crippen molar-refractivity contribution in [1.82, 2.24) is 4.98 Å². The van der Waals surface area contributed by atoms with Crippen molar-refractivity contribution in [2.24, 2.45) is 5.73 Å². The molecule has 1 aromatic rings. The number of carbonyl (C=O) groups excluding carboxylic acids is 1. The molecule has 0 unspecified atom stereocenters. The first kappa shape index (κ1) is 13.4. The van der Waals surface area contributed by atoms with Crippen LogP contribution in [-0.2, 0) is 0 Å². The number of primary amides is 1. The molecule has 4 nitrogen and oxygen atoms in total. The minimum Gasteiger partial charge on any atom is -0.408 e. The van der Waals surface area contributed by atoms with Gasteiger partial charge < -0.3 is 10.5 Å². The number of halogens is 1. The van der Waals surface area contributed by atoms with E-state index in [4.69, 9.17) is 10.5 Å². The highest BCUT2D eigenvalue weighted by molar-refractivity contribution is 5.69. The van der Waals surface area contributed by atoms with Gasteiger partial charge in [0.25, 0.3) is 0 Å². The largest absolute Gasteiger partial charge is 0.410 e. The van der Waals surface area contributed by atoms with Crippen LogP contribution < -0.4 is 10.5 Å². The van der Waals surface area contributed by atoms with Crippen molar-refractivity contribution in [2.75, 3.05) is 0 Å². The zero-order chi connectivity index (χ0) is 13.2. The first-order chi connectivity index (χ1) is 7.84. The lowest BCUT2D eigenvalue weighted by atomic mass is 9.98. The summed E-state index contributed by atoms with van der Waals surface area (Å²) >= 11 is 0. The highest BCUT2D eigenvalue weighted by Gasteiger charge is 2.22. The Hall–Kier alpha value is -1.65. The molecule has 0 saturated heterocycles. The predicted molar refractivity (Wildman–Crippen MR) is 62.6 cm³/mol. The van der Waals surface area contributed by atoms with Crippen LogP contribution in [0, 0.1) is 5.82 Å². The molecule has 0 aliphatic carbocycles. The van der Waals surface area contributed by atoms with E-state index in [1.165, 1.54) is 0 Å². The number of aromatic nitrogens is 1. The molecule has 1 aromatic heterocycles. The Kier molecular flexibility index (Phi) is 4.04. The Labute approximate surface area is 100.0 Å². The van der Waals surface area contributed by atoms with E-state index in [-0.39, 0.29) is 17.6 Å². The first-order valence-electron chi connectivity index (χ1n) is 5.50. The van der Waals surface area contributed by atoms with E-state index in [2.05, 4.69) is 4.98 Å². The summed E-state index contributed by atoms with van der Waals surface area (Å²) in [7, 11) is 0. The molecule has 0 aromatic carbocycles. The zero-order valence-electron chi connectivity index (χ0n) is 10.5. The van der Waals surface area contributed by atoms with Crippen LogP contribution >= 0.6 is 0 Å². The van der Waals surface area contributed by atoms with Crippen molar-refractivity contribution < 1.29 is 13.9 Å². The molecule has 2 N–H and O–H groups in total. The third kappa shape index (κ3) is 2.93. The van der Waals surface area contributed by atoms with Gasteiger partial charge in [0, 0.05) is 5.56 Å². The smallest absolute Gasteiger partial charge is 0.408 e. The van der Waals surface area contributed by atoms with E-state index in [1.54, 1.807) is 0 Å². The highest BCUT2D eigenvalue weighted by Crippen LogP contribution is 2.34. The SMILES string of the molecule is CC(C)c1ncc(F)c(C(C)C)c1OC(N)=O. The number of rotatable bonds is 3. The average Bonchev–Trinajstić information content (AvgIpc) is 2.15. The molecule has 0 spiro atoms. The summed E-state index contributed by atoms with van der Waals surface area (Å²) in [5.41, 5.74) is 5.87. The number of amides is 1. The van der Waals surface area contributed by atoms with Gasteiger partial charge in [-0.1, -0.05) is 27.7 Å². The Balaban J connectivity index is 3.43. The van der Waals surface area contributed by atoms with Gasteiger partial charge in [0.2, 0.25) is 0 Å². The van der Waals surface area contributed by atoms with Crippen LogP contribution in [0.5, 0.6) is 5.75 Å². The number of nitrogens with two attached hydrogens (primary N) is 1. The predicted octanol–water partition coefficient (Wildman–Crippen LogP) is 2.93. The van der Waals surface area contributed by atoms with Crippen LogP contribution in [0.2, 0.25) is 0 Å².